The highest BCUT2D eigenvalue weighted by atomic mass is 19.1. The number of nitrogens with zero attached hydrogens (tertiary/aromatic N) is 2. The van der Waals surface area contributed by atoms with Crippen LogP contribution in [0.25, 0.3) is 0 Å². The van der Waals surface area contributed by atoms with Gasteiger partial charge in [0.15, 0.2) is 0 Å². The van der Waals surface area contributed by atoms with Gasteiger partial charge in [-0.05, 0) is 37.1 Å². The van der Waals surface area contributed by atoms with Gasteiger partial charge in [0.05, 0.1) is 10.6 Å². The predicted octanol–water partition coefficient (Wildman–Crippen LogP) is 3.22. The molecule has 1 aliphatic rings. The zero-order valence-electron chi connectivity index (χ0n) is 12.0. The largest absolute Gasteiger partial charge is 0.340 e. The molecule has 1 fully saturated rings. The Hall–Kier alpha value is -3.03. The van der Waals surface area contributed by atoms with Gasteiger partial charge in [-0.3, -0.25) is 14.9 Å². The first-order chi connectivity index (χ1) is 11.0. The summed E-state index contributed by atoms with van der Waals surface area (Å²) in [6.07, 6.45) is 2.79. The zero-order valence-corrected chi connectivity index (χ0v) is 12.0. The topological polar surface area (TPSA) is 97.2 Å². The Kier molecular flexibility index (Phi) is 3.88. The Morgan fingerprint density at radius 1 is 1.30 bits per heavy atom. The van der Waals surface area contributed by atoms with E-state index >= 15 is 0 Å². The highest BCUT2D eigenvalue weighted by Crippen LogP contribution is 2.31. The summed E-state index contributed by atoms with van der Waals surface area (Å²) < 4.78 is 13.8. The van der Waals surface area contributed by atoms with Gasteiger partial charge < -0.3 is 10.6 Å². The Bertz CT molecular complexity index is 760. The Labute approximate surface area is 130 Å². The molecule has 0 saturated heterocycles. The number of rotatable bonds is 5. The molecule has 1 heterocycles. The van der Waals surface area contributed by atoms with Gasteiger partial charge in [0.2, 0.25) is 5.91 Å². The summed E-state index contributed by atoms with van der Waals surface area (Å²) in [5, 5.41) is 16.0. The number of hydrogen-bond donors (Lipinski definition) is 2. The van der Waals surface area contributed by atoms with E-state index in [2.05, 4.69) is 15.6 Å². The number of anilines is 3. The molecule has 0 aliphatic heterocycles. The standard InChI is InChI=1S/C15H13FN4O3/c16-12-5-3-10(7-13(12)19-15(21)9-1-2-9)18-14-6-4-11(8-17-14)20(22)23/h3-9H,1-2H2,(H,17,18)(H,19,21). The summed E-state index contributed by atoms with van der Waals surface area (Å²) >= 11 is 0. The molecule has 1 saturated carbocycles. The summed E-state index contributed by atoms with van der Waals surface area (Å²) in [7, 11) is 0. The van der Waals surface area contributed by atoms with E-state index in [1.54, 1.807) is 0 Å². The van der Waals surface area contributed by atoms with Crippen LogP contribution in [0.15, 0.2) is 36.5 Å². The molecule has 2 aromatic rings. The molecule has 0 unspecified atom stereocenters. The molecular formula is C15H13FN4O3. The molecule has 0 bridgehead atoms. The van der Waals surface area contributed by atoms with Gasteiger partial charge in [0.1, 0.15) is 17.8 Å². The van der Waals surface area contributed by atoms with E-state index in [-0.39, 0.29) is 23.2 Å². The van der Waals surface area contributed by atoms with Gasteiger partial charge in [-0.1, -0.05) is 0 Å². The molecule has 0 radical (unpaired) electrons. The summed E-state index contributed by atoms with van der Waals surface area (Å²) in [6, 6.07) is 6.94. The summed E-state index contributed by atoms with van der Waals surface area (Å²) in [4.78, 5) is 25.7. The fourth-order valence-electron chi connectivity index (χ4n) is 2.00. The van der Waals surface area contributed by atoms with E-state index in [1.165, 1.54) is 30.3 Å². The van der Waals surface area contributed by atoms with Crippen LogP contribution in [-0.2, 0) is 4.79 Å². The quantitative estimate of drug-likeness (QED) is 0.652. The second-order valence-corrected chi connectivity index (χ2v) is 5.24. The first-order valence-corrected chi connectivity index (χ1v) is 7.01. The van der Waals surface area contributed by atoms with Crippen molar-refractivity contribution in [2.75, 3.05) is 10.6 Å². The highest BCUT2D eigenvalue weighted by molar-refractivity contribution is 5.94. The smallest absolute Gasteiger partial charge is 0.287 e. The first-order valence-electron chi connectivity index (χ1n) is 7.01. The lowest BCUT2D eigenvalue weighted by Crippen LogP contribution is -2.14. The molecule has 23 heavy (non-hydrogen) atoms. The van der Waals surface area contributed by atoms with Crippen LogP contribution in [-0.4, -0.2) is 15.8 Å². The van der Waals surface area contributed by atoms with E-state index in [9.17, 15) is 19.3 Å². The number of amides is 1. The van der Waals surface area contributed by atoms with Gasteiger partial charge in [-0.15, -0.1) is 0 Å². The van der Waals surface area contributed by atoms with Crippen LogP contribution >= 0.6 is 0 Å². The molecule has 118 valence electrons. The molecule has 1 aliphatic carbocycles. The third kappa shape index (κ3) is 3.60. The number of benzene rings is 1. The molecule has 8 heteroatoms. The average molecular weight is 316 g/mol. The lowest BCUT2D eigenvalue weighted by atomic mass is 10.2. The third-order valence-electron chi connectivity index (χ3n) is 3.40. The van der Waals surface area contributed by atoms with Crippen LogP contribution in [0.1, 0.15) is 12.8 Å². The Morgan fingerprint density at radius 2 is 2.09 bits per heavy atom. The molecule has 1 aromatic carbocycles. The van der Waals surface area contributed by atoms with E-state index in [0.29, 0.717) is 11.5 Å². The van der Waals surface area contributed by atoms with Crippen molar-refractivity contribution in [1.29, 1.82) is 0 Å². The molecule has 0 atom stereocenters. The number of hydrogen-bond acceptors (Lipinski definition) is 5. The van der Waals surface area contributed by atoms with Crippen LogP contribution in [0, 0.1) is 21.8 Å². The summed E-state index contributed by atoms with van der Waals surface area (Å²) in [5.74, 6) is -0.361. The van der Waals surface area contributed by atoms with Crippen molar-refractivity contribution in [2.24, 2.45) is 5.92 Å². The second kappa shape index (κ2) is 5.99. The van der Waals surface area contributed by atoms with Gasteiger partial charge in [0.25, 0.3) is 5.69 Å². The van der Waals surface area contributed by atoms with E-state index in [4.69, 9.17) is 0 Å². The van der Waals surface area contributed by atoms with Gasteiger partial charge >= 0.3 is 0 Å². The van der Waals surface area contributed by atoms with Crippen LogP contribution in [0.5, 0.6) is 0 Å². The van der Waals surface area contributed by atoms with Crippen LogP contribution in [0.2, 0.25) is 0 Å². The maximum atomic E-state index is 13.8. The summed E-state index contributed by atoms with van der Waals surface area (Å²) in [6.45, 7) is 0. The monoisotopic (exact) mass is 316 g/mol. The van der Waals surface area contributed by atoms with Crippen molar-refractivity contribution in [3.05, 3.63) is 52.5 Å². The van der Waals surface area contributed by atoms with E-state index in [0.717, 1.165) is 19.0 Å². The van der Waals surface area contributed by atoms with Crippen molar-refractivity contribution in [2.45, 2.75) is 12.8 Å². The maximum Gasteiger partial charge on any atom is 0.287 e. The fourth-order valence-corrected chi connectivity index (χ4v) is 2.00. The minimum atomic E-state index is -0.541. The van der Waals surface area contributed by atoms with Gasteiger partial charge in [-0.2, -0.15) is 0 Å². The predicted molar refractivity (Wildman–Crippen MR) is 81.9 cm³/mol. The number of halogens is 1. The minimum Gasteiger partial charge on any atom is -0.340 e. The van der Waals surface area contributed by atoms with Crippen molar-refractivity contribution in [1.82, 2.24) is 4.98 Å². The fraction of sp³-hybridized carbons (Fsp3) is 0.200. The molecule has 1 amide bonds. The van der Waals surface area contributed by atoms with Crippen LogP contribution in [0.4, 0.5) is 27.3 Å². The second-order valence-electron chi connectivity index (χ2n) is 5.24. The number of aromatic nitrogens is 1. The molecular weight excluding hydrogens is 303 g/mol. The van der Waals surface area contributed by atoms with Crippen LogP contribution < -0.4 is 10.6 Å². The number of nitro groups is 1. The van der Waals surface area contributed by atoms with Crippen molar-refractivity contribution in [3.8, 4) is 0 Å². The van der Waals surface area contributed by atoms with Crippen molar-refractivity contribution in [3.63, 3.8) is 0 Å². The lowest BCUT2D eigenvalue weighted by molar-refractivity contribution is -0.385. The Balaban J connectivity index is 1.74. The SMILES string of the molecule is O=C(Nc1cc(Nc2ccc([N+](=O)[O-])cn2)ccc1F)C1CC1. The van der Waals surface area contributed by atoms with Gasteiger partial charge in [0, 0.05) is 17.7 Å². The number of carbonyl (C=O) groups excluding carboxylic acids is 1. The number of pyridine rings is 1. The maximum absolute atomic E-state index is 13.8. The first kappa shape index (κ1) is 14.9. The number of nitrogens with one attached hydrogen (secondary N) is 2. The number of carbonyl (C=O) groups is 1. The van der Waals surface area contributed by atoms with Crippen LogP contribution in [0.3, 0.4) is 0 Å². The minimum absolute atomic E-state index is 0.0256. The molecule has 3 rings (SSSR count). The van der Waals surface area contributed by atoms with Crippen molar-refractivity contribution >= 4 is 28.8 Å². The molecule has 7 nitrogen and oxygen atoms in total. The lowest BCUT2D eigenvalue weighted by Gasteiger charge is -2.10. The third-order valence-corrected chi connectivity index (χ3v) is 3.40. The molecule has 1 aromatic heterocycles. The molecule has 0 spiro atoms. The van der Waals surface area contributed by atoms with Gasteiger partial charge in [-0.25, -0.2) is 9.37 Å². The average Bonchev–Trinajstić information content (AvgIpc) is 3.36. The van der Waals surface area contributed by atoms with Crippen molar-refractivity contribution < 1.29 is 14.1 Å². The summed E-state index contributed by atoms with van der Waals surface area (Å²) in [5.41, 5.74) is 0.486. The van der Waals surface area contributed by atoms with E-state index in [1.807, 2.05) is 0 Å². The molecule has 2 N–H and O–H groups in total. The normalized spacial score (nSPS) is 13.4. The van der Waals surface area contributed by atoms with E-state index < -0.39 is 10.7 Å². The zero-order chi connectivity index (χ0) is 16.4. The Morgan fingerprint density at radius 3 is 2.70 bits per heavy atom. The highest BCUT2D eigenvalue weighted by Gasteiger charge is 2.30.